The van der Waals surface area contributed by atoms with Gasteiger partial charge in [-0.1, -0.05) is 12.1 Å². The maximum Gasteiger partial charge on any atom is 0.183 e. The summed E-state index contributed by atoms with van der Waals surface area (Å²) in [5, 5.41) is 4.90. The Balaban J connectivity index is 1.37. The van der Waals surface area contributed by atoms with Crippen LogP contribution >= 0.6 is 0 Å². The van der Waals surface area contributed by atoms with Crippen molar-refractivity contribution in [2.75, 3.05) is 32.7 Å². The lowest BCUT2D eigenvalue weighted by atomic mass is 10.0. The number of rotatable bonds is 7. The quantitative estimate of drug-likeness (QED) is 0.374. The lowest BCUT2D eigenvalue weighted by Crippen LogP contribution is -2.33. The second-order valence-electron chi connectivity index (χ2n) is 9.47. The number of pyridine rings is 1. The van der Waals surface area contributed by atoms with Crippen LogP contribution < -0.4 is 19.1 Å². The van der Waals surface area contributed by atoms with Crippen LogP contribution in [0, 0.1) is 0 Å². The van der Waals surface area contributed by atoms with Gasteiger partial charge in [-0.15, -0.1) is 0 Å². The lowest BCUT2D eigenvalue weighted by molar-refractivity contribution is 0.0762. The smallest absolute Gasteiger partial charge is 0.183 e. The lowest BCUT2D eigenvalue weighted by Gasteiger charge is -2.26. The molecule has 6 rings (SSSR count). The Bertz CT molecular complexity index is 1380. The summed E-state index contributed by atoms with van der Waals surface area (Å²) in [5.74, 6) is 5.29. The minimum atomic E-state index is -0.191. The number of anilines is 1. The van der Waals surface area contributed by atoms with E-state index in [-0.39, 0.29) is 6.10 Å². The van der Waals surface area contributed by atoms with Crippen LogP contribution in [0.3, 0.4) is 0 Å². The first-order valence-electron chi connectivity index (χ1n) is 12.2. The Labute approximate surface area is 210 Å². The van der Waals surface area contributed by atoms with E-state index in [1.165, 1.54) is 18.4 Å². The van der Waals surface area contributed by atoms with E-state index >= 15 is 0 Å². The number of fused-ring (bicyclic) bond motifs is 1. The van der Waals surface area contributed by atoms with Gasteiger partial charge < -0.3 is 19.1 Å². The molecule has 1 saturated carbocycles. The van der Waals surface area contributed by atoms with Gasteiger partial charge in [0, 0.05) is 31.4 Å². The summed E-state index contributed by atoms with van der Waals surface area (Å²) >= 11 is 0. The van der Waals surface area contributed by atoms with Crippen molar-refractivity contribution in [3.8, 4) is 40.0 Å². The molecule has 3 heterocycles. The van der Waals surface area contributed by atoms with Crippen LogP contribution in [-0.2, 0) is 6.54 Å². The highest BCUT2D eigenvalue weighted by atomic mass is 16.6. The van der Waals surface area contributed by atoms with Crippen LogP contribution in [-0.4, -0.2) is 53.7 Å². The standard InChI is InChI=1S/C28H29N5O3/c1-32(2)26-13-11-20(15-29-26)27-30-28(19-10-12-23(34-3)22(14-19)18-8-9-18)33(31-27)16-21-17-35-24-6-4-5-7-25(24)36-21/h4-7,10-15,18,21H,8-9,16-17H2,1-3H3. The van der Waals surface area contributed by atoms with Gasteiger partial charge in [-0.25, -0.2) is 14.6 Å². The van der Waals surface area contributed by atoms with E-state index in [9.17, 15) is 0 Å². The van der Waals surface area contributed by atoms with E-state index in [0.717, 1.165) is 40.0 Å². The summed E-state index contributed by atoms with van der Waals surface area (Å²) in [5.41, 5.74) is 3.10. The highest BCUT2D eigenvalue weighted by Gasteiger charge is 2.29. The maximum atomic E-state index is 6.24. The normalized spacial score (nSPS) is 16.6. The van der Waals surface area contributed by atoms with Crippen LogP contribution in [0.5, 0.6) is 17.2 Å². The molecule has 1 fully saturated rings. The number of para-hydroxylation sites is 2. The molecule has 0 N–H and O–H groups in total. The number of hydrogen-bond donors (Lipinski definition) is 0. The predicted molar refractivity (Wildman–Crippen MR) is 138 cm³/mol. The second-order valence-corrected chi connectivity index (χ2v) is 9.47. The molecular formula is C28H29N5O3. The Morgan fingerprint density at radius 1 is 1.03 bits per heavy atom. The van der Waals surface area contributed by atoms with Gasteiger partial charge >= 0.3 is 0 Å². The molecule has 184 valence electrons. The van der Waals surface area contributed by atoms with Crippen molar-refractivity contribution in [2.45, 2.75) is 31.4 Å². The second kappa shape index (κ2) is 9.18. The summed E-state index contributed by atoms with van der Waals surface area (Å²) in [4.78, 5) is 11.5. The van der Waals surface area contributed by atoms with Crippen molar-refractivity contribution < 1.29 is 14.2 Å². The summed E-state index contributed by atoms with van der Waals surface area (Å²) in [7, 11) is 5.67. The van der Waals surface area contributed by atoms with Crippen molar-refractivity contribution >= 4 is 5.82 Å². The third-order valence-electron chi connectivity index (χ3n) is 6.59. The Hall–Kier alpha value is -4.07. The fraction of sp³-hybridized carbons (Fsp3) is 0.321. The molecule has 0 spiro atoms. The first-order chi connectivity index (χ1) is 17.6. The van der Waals surface area contributed by atoms with Gasteiger partial charge in [-0.05, 0) is 66.8 Å². The number of benzene rings is 2. The summed E-state index contributed by atoms with van der Waals surface area (Å²) in [6.07, 6.45) is 4.00. The minimum absolute atomic E-state index is 0.191. The third kappa shape index (κ3) is 4.34. The molecule has 1 atom stereocenters. The van der Waals surface area contributed by atoms with Crippen molar-refractivity contribution in [1.29, 1.82) is 0 Å². The molecule has 1 aliphatic heterocycles. The van der Waals surface area contributed by atoms with Gasteiger partial charge in [0.05, 0.1) is 13.7 Å². The fourth-order valence-electron chi connectivity index (χ4n) is 4.52. The number of hydrogen-bond acceptors (Lipinski definition) is 7. The maximum absolute atomic E-state index is 6.24. The van der Waals surface area contributed by atoms with E-state index in [4.69, 9.17) is 24.3 Å². The topological polar surface area (TPSA) is 74.5 Å². The van der Waals surface area contributed by atoms with E-state index in [0.29, 0.717) is 24.9 Å². The zero-order valence-electron chi connectivity index (χ0n) is 20.7. The molecule has 0 saturated heterocycles. The van der Waals surface area contributed by atoms with Gasteiger partial charge in [0.2, 0.25) is 0 Å². The molecule has 1 aliphatic carbocycles. The van der Waals surface area contributed by atoms with Crippen molar-refractivity contribution in [3.05, 3.63) is 66.4 Å². The van der Waals surface area contributed by atoms with Gasteiger partial charge in [0.15, 0.2) is 29.3 Å². The van der Waals surface area contributed by atoms with E-state index in [2.05, 4.69) is 17.1 Å². The number of nitrogens with zero attached hydrogens (tertiary/aromatic N) is 5. The molecule has 2 aromatic carbocycles. The number of ether oxygens (including phenoxy) is 3. The van der Waals surface area contributed by atoms with E-state index < -0.39 is 0 Å². The summed E-state index contributed by atoms with van der Waals surface area (Å²) < 4.78 is 19.8. The van der Waals surface area contributed by atoms with Crippen molar-refractivity contribution in [1.82, 2.24) is 19.7 Å². The van der Waals surface area contributed by atoms with Crippen LogP contribution in [0.15, 0.2) is 60.8 Å². The van der Waals surface area contributed by atoms with Crippen LogP contribution in [0.2, 0.25) is 0 Å². The number of aromatic nitrogens is 4. The molecule has 0 bridgehead atoms. The zero-order chi connectivity index (χ0) is 24.6. The highest BCUT2D eigenvalue weighted by Crippen LogP contribution is 2.45. The van der Waals surface area contributed by atoms with Crippen molar-refractivity contribution in [3.63, 3.8) is 0 Å². The average Bonchev–Trinajstić information content (AvgIpc) is 3.68. The van der Waals surface area contributed by atoms with Crippen LogP contribution in [0.4, 0.5) is 5.82 Å². The molecule has 8 heteroatoms. The van der Waals surface area contributed by atoms with Crippen LogP contribution in [0.25, 0.3) is 22.8 Å². The van der Waals surface area contributed by atoms with Gasteiger partial charge in [-0.2, -0.15) is 5.10 Å². The predicted octanol–water partition coefficient (Wildman–Crippen LogP) is 4.80. The van der Waals surface area contributed by atoms with Gasteiger partial charge in [-0.3, -0.25) is 0 Å². The molecule has 36 heavy (non-hydrogen) atoms. The zero-order valence-corrected chi connectivity index (χ0v) is 20.7. The molecule has 2 aliphatic rings. The third-order valence-corrected chi connectivity index (χ3v) is 6.59. The Morgan fingerprint density at radius 2 is 1.83 bits per heavy atom. The van der Waals surface area contributed by atoms with Crippen molar-refractivity contribution in [2.24, 2.45) is 0 Å². The van der Waals surface area contributed by atoms with Gasteiger partial charge in [0.1, 0.15) is 18.2 Å². The monoisotopic (exact) mass is 483 g/mol. The summed E-state index contributed by atoms with van der Waals surface area (Å²) in [6, 6.07) is 18.0. The van der Waals surface area contributed by atoms with E-state index in [1.807, 2.05) is 72.3 Å². The van der Waals surface area contributed by atoms with Gasteiger partial charge in [0.25, 0.3) is 0 Å². The summed E-state index contributed by atoms with van der Waals surface area (Å²) in [6.45, 7) is 0.950. The Kier molecular flexibility index (Phi) is 5.71. The molecule has 8 nitrogen and oxygen atoms in total. The highest BCUT2D eigenvalue weighted by molar-refractivity contribution is 5.64. The molecule has 0 amide bonds. The molecule has 4 aromatic rings. The first-order valence-corrected chi connectivity index (χ1v) is 12.2. The van der Waals surface area contributed by atoms with E-state index in [1.54, 1.807) is 7.11 Å². The largest absolute Gasteiger partial charge is 0.496 e. The van der Waals surface area contributed by atoms with Crippen LogP contribution in [0.1, 0.15) is 24.3 Å². The molecule has 1 unspecified atom stereocenters. The SMILES string of the molecule is COc1ccc(-c2nc(-c3ccc(N(C)C)nc3)nn2CC2COc3ccccc3O2)cc1C1CC1. The first kappa shape index (κ1) is 22.4. The Morgan fingerprint density at radius 3 is 2.56 bits per heavy atom. The minimum Gasteiger partial charge on any atom is -0.496 e. The fourth-order valence-corrected chi connectivity index (χ4v) is 4.52. The number of methoxy groups -OCH3 is 1. The average molecular weight is 484 g/mol. The molecule has 2 aromatic heterocycles. The molecular weight excluding hydrogens is 454 g/mol. The molecule has 0 radical (unpaired) electrons.